The third kappa shape index (κ3) is 3.20. The van der Waals surface area contributed by atoms with Gasteiger partial charge in [-0.1, -0.05) is 12.1 Å². The van der Waals surface area contributed by atoms with Crippen LogP contribution in [0.1, 0.15) is 32.4 Å². The van der Waals surface area contributed by atoms with Crippen LogP contribution in [-0.4, -0.2) is 32.7 Å². The molecule has 0 amide bonds. The first-order valence-electron chi connectivity index (χ1n) is 8.77. The van der Waals surface area contributed by atoms with E-state index in [0.717, 1.165) is 19.3 Å². The summed E-state index contributed by atoms with van der Waals surface area (Å²) in [7, 11) is 0. The number of para-hydroxylation sites is 2. The second-order valence-electron chi connectivity index (χ2n) is 6.04. The lowest BCUT2D eigenvalue weighted by Gasteiger charge is -2.23. The molecule has 0 spiro atoms. The molecule has 1 atom stereocenters. The van der Waals surface area contributed by atoms with Gasteiger partial charge in [0.2, 0.25) is 0 Å². The summed E-state index contributed by atoms with van der Waals surface area (Å²) < 4.78 is 27.3. The largest absolute Gasteiger partial charge is 0.492 e. The number of rotatable bonds is 5. The van der Waals surface area contributed by atoms with E-state index in [1.54, 1.807) is 10.9 Å². The smallest absolute Gasteiger partial charge is 0.312 e. The molecule has 0 saturated carbocycles. The highest BCUT2D eigenvalue weighted by Gasteiger charge is 2.21. The summed E-state index contributed by atoms with van der Waals surface area (Å²) in [4.78, 5) is 12.2. The van der Waals surface area contributed by atoms with E-state index in [2.05, 4.69) is 20.3 Å². The predicted octanol–water partition coefficient (Wildman–Crippen LogP) is 3.81. The molecule has 3 heterocycles. The van der Waals surface area contributed by atoms with E-state index in [9.17, 15) is 4.39 Å². The van der Waals surface area contributed by atoms with Gasteiger partial charge in [-0.05, 0) is 38.3 Å². The Hall–Kier alpha value is -2.74. The Labute approximate surface area is 150 Å². The van der Waals surface area contributed by atoms with Crippen LogP contribution in [0.4, 0.5) is 15.9 Å². The Morgan fingerprint density at radius 3 is 3.00 bits per heavy atom. The molecule has 1 N–H and O–H groups in total. The van der Waals surface area contributed by atoms with Gasteiger partial charge in [0.25, 0.3) is 0 Å². The van der Waals surface area contributed by atoms with E-state index < -0.39 is 6.08 Å². The minimum Gasteiger partial charge on any atom is -0.492 e. The number of hydrogen-bond donors (Lipinski definition) is 1. The van der Waals surface area contributed by atoms with Gasteiger partial charge in [0.15, 0.2) is 17.0 Å². The molecule has 0 aliphatic carbocycles. The van der Waals surface area contributed by atoms with Gasteiger partial charge in [-0.25, -0.2) is 4.98 Å². The molecule has 1 fully saturated rings. The lowest BCUT2D eigenvalue weighted by Crippen LogP contribution is -2.18. The van der Waals surface area contributed by atoms with Crippen molar-refractivity contribution in [2.45, 2.75) is 32.4 Å². The number of nitrogens with zero attached hydrogens (tertiary/aromatic N) is 4. The van der Waals surface area contributed by atoms with Crippen LogP contribution < -0.4 is 10.1 Å². The van der Waals surface area contributed by atoms with Gasteiger partial charge in [-0.2, -0.15) is 14.4 Å². The summed E-state index contributed by atoms with van der Waals surface area (Å²) >= 11 is 0. The molecule has 1 unspecified atom stereocenters. The number of benzene rings is 1. The maximum atomic E-state index is 14.1. The van der Waals surface area contributed by atoms with Crippen LogP contribution in [0.25, 0.3) is 11.2 Å². The van der Waals surface area contributed by atoms with Gasteiger partial charge in [-0.3, -0.25) is 4.57 Å². The maximum Gasteiger partial charge on any atom is 0.312 e. The van der Waals surface area contributed by atoms with Crippen molar-refractivity contribution >= 4 is 22.7 Å². The number of ether oxygens (including phenoxy) is 2. The Morgan fingerprint density at radius 1 is 1.31 bits per heavy atom. The van der Waals surface area contributed by atoms with E-state index in [1.165, 1.54) is 0 Å². The van der Waals surface area contributed by atoms with Crippen molar-refractivity contribution in [3.8, 4) is 5.75 Å². The van der Waals surface area contributed by atoms with Crippen LogP contribution in [0.2, 0.25) is 0 Å². The number of nitrogens with one attached hydrogen (secondary N) is 1. The normalized spacial score (nSPS) is 17.4. The van der Waals surface area contributed by atoms with Crippen molar-refractivity contribution in [2.24, 2.45) is 0 Å². The van der Waals surface area contributed by atoms with Gasteiger partial charge in [0.05, 0.1) is 18.6 Å². The summed E-state index contributed by atoms with van der Waals surface area (Å²) in [6.07, 6.45) is 3.60. The fraction of sp³-hybridized carbons (Fsp3) is 0.389. The zero-order valence-electron chi connectivity index (χ0n) is 14.5. The molecular weight excluding hydrogens is 337 g/mol. The minimum absolute atomic E-state index is 0.174. The molecular formula is C18H20FN5O2. The van der Waals surface area contributed by atoms with E-state index >= 15 is 0 Å². The molecule has 0 bridgehead atoms. The number of imidazole rings is 1. The summed E-state index contributed by atoms with van der Waals surface area (Å²) in [6, 6.07) is 7.43. The van der Waals surface area contributed by atoms with Crippen LogP contribution in [0, 0.1) is 6.08 Å². The molecule has 1 aromatic carbocycles. The number of halogens is 1. The topological polar surface area (TPSA) is 74.1 Å². The van der Waals surface area contributed by atoms with Gasteiger partial charge in [0, 0.05) is 6.61 Å². The molecule has 3 aromatic rings. The predicted molar refractivity (Wildman–Crippen MR) is 95.0 cm³/mol. The van der Waals surface area contributed by atoms with Crippen molar-refractivity contribution in [3.05, 3.63) is 36.7 Å². The third-order valence-corrected chi connectivity index (χ3v) is 4.30. The molecule has 1 saturated heterocycles. The molecule has 7 nitrogen and oxygen atoms in total. The molecule has 8 heteroatoms. The summed E-state index contributed by atoms with van der Waals surface area (Å²) in [5.74, 6) is 0.964. The van der Waals surface area contributed by atoms with Crippen LogP contribution in [-0.2, 0) is 4.74 Å². The summed E-state index contributed by atoms with van der Waals surface area (Å²) in [5, 5.41) is 3.12. The van der Waals surface area contributed by atoms with Crippen molar-refractivity contribution in [1.29, 1.82) is 0 Å². The van der Waals surface area contributed by atoms with E-state index in [1.807, 2.05) is 31.2 Å². The standard InChI is InChI=1S/C18H20FN5O2/c1-2-25-13-8-4-3-7-12(13)21-16-15-17(23-18(19)22-16)24(11-20-15)14-9-5-6-10-26-14/h3-4,7-8,11,14H,2,5-6,9-10H2,1H3,(H,21,22,23). The van der Waals surface area contributed by atoms with Crippen LogP contribution in [0.5, 0.6) is 5.75 Å². The van der Waals surface area contributed by atoms with E-state index in [-0.39, 0.29) is 6.23 Å². The first kappa shape index (κ1) is 16.7. The summed E-state index contributed by atoms with van der Waals surface area (Å²) in [5.41, 5.74) is 1.60. The van der Waals surface area contributed by atoms with Crippen molar-refractivity contribution in [2.75, 3.05) is 18.5 Å². The zero-order chi connectivity index (χ0) is 17.9. The molecule has 26 heavy (non-hydrogen) atoms. The average molecular weight is 357 g/mol. The van der Waals surface area contributed by atoms with Crippen LogP contribution >= 0.6 is 0 Å². The lowest BCUT2D eigenvalue weighted by molar-refractivity contribution is -0.0298. The highest BCUT2D eigenvalue weighted by molar-refractivity contribution is 5.86. The second-order valence-corrected chi connectivity index (χ2v) is 6.04. The average Bonchev–Trinajstić information content (AvgIpc) is 3.08. The fourth-order valence-electron chi connectivity index (χ4n) is 3.11. The molecule has 0 radical (unpaired) electrons. The lowest BCUT2D eigenvalue weighted by atomic mass is 10.2. The van der Waals surface area contributed by atoms with E-state index in [4.69, 9.17) is 9.47 Å². The highest BCUT2D eigenvalue weighted by Crippen LogP contribution is 2.31. The van der Waals surface area contributed by atoms with Crippen molar-refractivity contribution in [1.82, 2.24) is 19.5 Å². The highest BCUT2D eigenvalue weighted by atomic mass is 19.1. The Morgan fingerprint density at radius 2 is 2.19 bits per heavy atom. The monoisotopic (exact) mass is 357 g/mol. The quantitative estimate of drug-likeness (QED) is 0.700. The number of hydrogen-bond acceptors (Lipinski definition) is 6. The first-order chi connectivity index (χ1) is 12.8. The van der Waals surface area contributed by atoms with Gasteiger partial charge in [-0.15, -0.1) is 0 Å². The van der Waals surface area contributed by atoms with Gasteiger partial charge >= 0.3 is 6.08 Å². The second kappa shape index (κ2) is 7.25. The first-order valence-corrected chi connectivity index (χ1v) is 8.77. The Balaban J connectivity index is 1.73. The van der Waals surface area contributed by atoms with Gasteiger partial charge < -0.3 is 14.8 Å². The van der Waals surface area contributed by atoms with Crippen LogP contribution in [0.15, 0.2) is 30.6 Å². The number of anilines is 2. The Bertz CT molecular complexity index is 908. The molecule has 1 aliphatic rings. The fourth-order valence-corrected chi connectivity index (χ4v) is 3.11. The maximum absolute atomic E-state index is 14.1. The minimum atomic E-state index is -0.813. The third-order valence-electron chi connectivity index (χ3n) is 4.30. The molecule has 136 valence electrons. The molecule has 1 aliphatic heterocycles. The number of fused-ring (bicyclic) bond motifs is 1. The van der Waals surface area contributed by atoms with E-state index in [0.29, 0.717) is 41.6 Å². The van der Waals surface area contributed by atoms with Crippen LogP contribution in [0.3, 0.4) is 0 Å². The Kier molecular flexibility index (Phi) is 4.66. The zero-order valence-corrected chi connectivity index (χ0v) is 14.5. The summed E-state index contributed by atoms with van der Waals surface area (Å²) in [6.45, 7) is 3.12. The SMILES string of the molecule is CCOc1ccccc1Nc1nc(F)nc2c1ncn2C1CCCCO1. The van der Waals surface area contributed by atoms with Gasteiger partial charge in [0.1, 0.15) is 12.0 Å². The number of aromatic nitrogens is 4. The van der Waals surface area contributed by atoms with Crippen molar-refractivity contribution < 1.29 is 13.9 Å². The van der Waals surface area contributed by atoms with Crippen molar-refractivity contribution in [3.63, 3.8) is 0 Å². The molecule has 4 rings (SSSR count). The molecule has 2 aromatic heterocycles.